The Morgan fingerprint density at radius 1 is 1.19 bits per heavy atom. The SMILES string of the molecule is COc1ccc(CN2CC(C(=O)Nc3ccccc3F)CC2=O)cc1OC. The zero-order valence-electron chi connectivity index (χ0n) is 15.2. The van der Waals surface area contributed by atoms with Crippen LogP contribution < -0.4 is 14.8 Å². The normalized spacial score (nSPS) is 16.3. The summed E-state index contributed by atoms with van der Waals surface area (Å²) < 4.78 is 24.2. The number of hydrogen-bond acceptors (Lipinski definition) is 4. The van der Waals surface area contributed by atoms with E-state index in [-0.39, 0.29) is 30.5 Å². The summed E-state index contributed by atoms with van der Waals surface area (Å²) in [5.41, 5.74) is 0.990. The fourth-order valence-corrected chi connectivity index (χ4v) is 3.10. The van der Waals surface area contributed by atoms with Crippen molar-refractivity contribution in [3.05, 3.63) is 53.8 Å². The number of carbonyl (C=O) groups excluding carboxylic acids is 2. The van der Waals surface area contributed by atoms with Gasteiger partial charge in [0.2, 0.25) is 11.8 Å². The fraction of sp³-hybridized carbons (Fsp3) is 0.300. The van der Waals surface area contributed by atoms with E-state index in [4.69, 9.17) is 9.47 Å². The third kappa shape index (κ3) is 4.19. The number of rotatable bonds is 6. The lowest BCUT2D eigenvalue weighted by molar-refractivity contribution is -0.128. The maximum atomic E-state index is 13.7. The lowest BCUT2D eigenvalue weighted by Crippen LogP contribution is -2.28. The van der Waals surface area contributed by atoms with Crippen LogP contribution >= 0.6 is 0 Å². The van der Waals surface area contributed by atoms with Gasteiger partial charge in [0.25, 0.3) is 0 Å². The van der Waals surface area contributed by atoms with Gasteiger partial charge in [-0.2, -0.15) is 0 Å². The molecule has 0 radical (unpaired) electrons. The van der Waals surface area contributed by atoms with Crippen LogP contribution in [0.15, 0.2) is 42.5 Å². The van der Waals surface area contributed by atoms with Crippen LogP contribution in [0.1, 0.15) is 12.0 Å². The first kappa shape index (κ1) is 18.7. The second-order valence-corrected chi connectivity index (χ2v) is 6.33. The highest BCUT2D eigenvalue weighted by atomic mass is 19.1. The molecule has 3 rings (SSSR count). The molecule has 1 N–H and O–H groups in total. The molecule has 2 aromatic carbocycles. The molecular formula is C20H21FN2O4. The lowest BCUT2D eigenvalue weighted by atomic mass is 10.1. The van der Waals surface area contributed by atoms with E-state index < -0.39 is 11.7 Å². The van der Waals surface area contributed by atoms with E-state index in [1.54, 1.807) is 43.4 Å². The van der Waals surface area contributed by atoms with E-state index in [9.17, 15) is 14.0 Å². The van der Waals surface area contributed by atoms with Gasteiger partial charge in [0.1, 0.15) is 5.82 Å². The largest absolute Gasteiger partial charge is 0.493 e. The van der Waals surface area contributed by atoms with Crippen LogP contribution in [-0.2, 0) is 16.1 Å². The van der Waals surface area contributed by atoms with Gasteiger partial charge in [0, 0.05) is 19.5 Å². The predicted molar refractivity (Wildman–Crippen MR) is 98.1 cm³/mol. The highest BCUT2D eigenvalue weighted by Gasteiger charge is 2.34. The van der Waals surface area contributed by atoms with Gasteiger partial charge in [-0.1, -0.05) is 18.2 Å². The maximum Gasteiger partial charge on any atom is 0.229 e. The minimum atomic E-state index is -0.516. The Hall–Kier alpha value is -3.09. The molecule has 6 nitrogen and oxygen atoms in total. The zero-order chi connectivity index (χ0) is 19.4. The number of nitrogens with one attached hydrogen (secondary N) is 1. The number of ether oxygens (including phenoxy) is 2. The molecule has 1 atom stereocenters. The molecule has 0 bridgehead atoms. The van der Waals surface area contributed by atoms with Crippen LogP contribution in [0.25, 0.3) is 0 Å². The quantitative estimate of drug-likeness (QED) is 0.847. The molecule has 0 saturated carbocycles. The minimum Gasteiger partial charge on any atom is -0.493 e. The molecule has 1 heterocycles. The molecule has 2 aromatic rings. The number of para-hydroxylation sites is 1. The molecule has 1 aliphatic heterocycles. The number of amides is 2. The first-order chi connectivity index (χ1) is 13.0. The average molecular weight is 372 g/mol. The zero-order valence-corrected chi connectivity index (χ0v) is 15.2. The molecule has 1 fully saturated rings. The number of likely N-dealkylation sites (tertiary alicyclic amines) is 1. The van der Waals surface area contributed by atoms with Crippen molar-refractivity contribution in [3.8, 4) is 11.5 Å². The average Bonchev–Trinajstić information content (AvgIpc) is 3.04. The second kappa shape index (κ2) is 8.07. The molecule has 0 aromatic heterocycles. The minimum absolute atomic E-state index is 0.105. The maximum absolute atomic E-state index is 13.7. The molecule has 2 amide bonds. The predicted octanol–water partition coefficient (Wildman–Crippen LogP) is 2.83. The van der Waals surface area contributed by atoms with E-state index in [2.05, 4.69) is 5.32 Å². The number of anilines is 1. The first-order valence-electron chi connectivity index (χ1n) is 8.56. The van der Waals surface area contributed by atoms with Crippen molar-refractivity contribution >= 4 is 17.5 Å². The Bertz CT molecular complexity index is 856. The summed E-state index contributed by atoms with van der Waals surface area (Å²) in [6.45, 7) is 0.649. The third-order valence-electron chi connectivity index (χ3n) is 4.54. The number of nitrogens with zero attached hydrogens (tertiary/aromatic N) is 1. The Labute approximate surface area is 156 Å². The van der Waals surface area contributed by atoms with Crippen LogP contribution in [0.3, 0.4) is 0 Å². The molecule has 142 valence electrons. The smallest absolute Gasteiger partial charge is 0.229 e. The van der Waals surface area contributed by atoms with Gasteiger partial charge in [-0.3, -0.25) is 9.59 Å². The first-order valence-corrected chi connectivity index (χ1v) is 8.56. The van der Waals surface area contributed by atoms with Crippen molar-refractivity contribution in [2.75, 3.05) is 26.1 Å². The third-order valence-corrected chi connectivity index (χ3v) is 4.54. The number of benzene rings is 2. The van der Waals surface area contributed by atoms with Crippen LogP contribution in [0, 0.1) is 11.7 Å². The van der Waals surface area contributed by atoms with Gasteiger partial charge in [-0.05, 0) is 29.8 Å². The number of carbonyl (C=O) groups is 2. The molecule has 7 heteroatoms. The molecule has 1 unspecified atom stereocenters. The van der Waals surface area contributed by atoms with Gasteiger partial charge in [-0.25, -0.2) is 4.39 Å². The van der Waals surface area contributed by atoms with Crippen molar-refractivity contribution in [1.29, 1.82) is 0 Å². The molecule has 27 heavy (non-hydrogen) atoms. The summed E-state index contributed by atoms with van der Waals surface area (Å²) in [7, 11) is 3.10. The van der Waals surface area contributed by atoms with Crippen LogP contribution in [0.5, 0.6) is 11.5 Å². The lowest BCUT2D eigenvalue weighted by Gasteiger charge is -2.18. The second-order valence-electron chi connectivity index (χ2n) is 6.33. The fourth-order valence-electron chi connectivity index (χ4n) is 3.10. The van der Waals surface area contributed by atoms with Crippen LogP contribution in [0.2, 0.25) is 0 Å². The van der Waals surface area contributed by atoms with Crippen molar-refractivity contribution in [2.45, 2.75) is 13.0 Å². The van der Waals surface area contributed by atoms with E-state index in [0.29, 0.717) is 18.0 Å². The number of halogens is 1. The van der Waals surface area contributed by atoms with E-state index in [0.717, 1.165) is 5.56 Å². The summed E-state index contributed by atoms with van der Waals surface area (Å²) in [5, 5.41) is 2.56. The summed E-state index contributed by atoms with van der Waals surface area (Å²) in [6, 6.07) is 11.4. The summed E-state index contributed by atoms with van der Waals surface area (Å²) in [4.78, 5) is 26.3. The molecule has 1 saturated heterocycles. The van der Waals surface area contributed by atoms with Gasteiger partial charge >= 0.3 is 0 Å². The van der Waals surface area contributed by atoms with Gasteiger partial charge in [0.05, 0.1) is 25.8 Å². The Morgan fingerprint density at radius 2 is 1.93 bits per heavy atom. The summed E-state index contributed by atoms with van der Waals surface area (Å²) in [5.74, 6) is -0.303. The van der Waals surface area contributed by atoms with Gasteiger partial charge in [0.15, 0.2) is 11.5 Å². The highest BCUT2D eigenvalue weighted by molar-refractivity contribution is 5.97. The van der Waals surface area contributed by atoms with E-state index >= 15 is 0 Å². The summed E-state index contributed by atoms with van der Waals surface area (Å²) >= 11 is 0. The van der Waals surface area contributed by atoms with Crippen molar-refractivity contribution in [2.24, 2.45) is 5.92 Å². The molecule has 0 spiro atoms. The van der Waals surface area contributed by atoms with Crippen LogP contribution in [0.4, 0.5) is 10.1 Å². The topological polar surface area (TPSA) is 67.9 Å². The van der Waals surface area contributed by atoms with Crippen LogP contribution in [-0.4, -0.2) is 37.5 Å². The number of hydrogen-bond donors (Lipinski definition) is 1. The highest BCUT2D eigenvalue weighted by Crippen LogP contribution is 2.29. The Kier molecular flexibility index (Phi) is 5.59. The van der Waals surface area contributed by atoms with E-state index in [1.807, 2.05) is 6.07 Å². The Morgan fingerprint density at radius 3 is 2.63 bits per heavy atom. The summed E-state index contributed by atoms with van der Waals surface area (Å²) in [6.07, 6.45) is 0.105. The van der Waals surface area contributed by atoms with Gasteiger partial charge < -0.3 is 19.7 Å². The molecule has 1 aliphatic rings. The Balaban J connectivity index is 1.65. The van der Waals surface area contributed by atoms with Crippen molar-refractivity contribution in [1.82, 2.24) is 4.90 Å². The standard InChI is InChI=1S/C20H21FN2O4/c1-26-17-8-7-13(9-18(17)27-2)11-23-12-14(10-19(23)24)20(25)22-16-6-4-3-5-15(16)21/h3-9,14H,10-12H2,1-2H3,(H,22,25). The van der Waals surface area contributed by atoms with Crippen molar-refractivity contribution in [3.63, 3.8) is 0 Å². The van der Waals surface area contributed by atoms with E-state index in [1.165, 1.54) is 12.1 Å². The number of methoxy groups -OCH3 is 2. The molecule has 0 aliphatic carbocycles. The van der Waals surface area contributed by atoms with Gasteiger partial charge in [-0.15, -0.1) is 0 Å². The monoisotopic (exact) mass is 372 g/mol. The molecular weight excluding hydrogens is 351 g/mol. The van der Waals surface area contributed by atoms with Crippen molar-refractivity contribution < 1.29 is 23.5 Å².